The van der Waals surface area contributed by atoms with Gasteiger partial charge in [-0.05, 0) is 17.0 Å². The molecule has 16 heavy (non-hydrogen) atoms. The molecule has 0 spiro atoms. The molecule has 0 bridgehead atoms. The van der Waals surface area contributed by atoms with E-state index in [0.717, 1.165) is 6.07 Å². The van der Waals surface area contributed by atoms with Crippen molar-refractivity contribution >= 4 is 5.69 Å². The van der Waals surface area contributed by atoms with Crippen molar-refractivity contribution in [3.63, 3.8) is 0 Å². The van der Waals surface area contributed by atoms with Crippen molar-refractivity contribution in [1.29, 1.82) is 0 Å². The van der Waals surface area contributed by atoms with E-state index in [0.29, 0.717) is 5.56 Å². The van der Waals surface area contributed by atoms with Gasteiger partial charge in [-0.3, -0.25) is 10.1 Å². The molecule has 1 aromatic rings. The number of non-ortho nitro benzene ring substituents is 1. The first-order chi connectivity index (χ1) is 7.35. The van der Waals surface area contributed by atoms with Gasteiger partial charge in [-0.25, -0.2) is 4.39 Å². The van der Waals surface area contributed by atoms with Crippen LogP contribution in [0.2, 0.25) is 0 Å². The Balaban J connectivity index is 2.35. The van der Waals surface area contributed by atoms with Crippen molar-refractivity contribution in [1.82, 2.24) is 0 Å². The van der Waals surface area contributed by atoms with Crippen LogP contribution in [0.5, 0.6) is 0 Å². The van der Waals surface area contributed by atoms with E-state index in [2.05, 4.69) is 0 Å². The SMILES string of the molecule is CC1(C)[C@@H](N)[C@@H]1c1ccc([N+](=O)[O-])cc1F. The third-order valence-corrected chi connectivity index (χ3v) is 3.44. The summed E-state index contributed by atoms with van der Waals surface area (Å²) in [5.74, 6) is -0.589. The normalized spacial score (nSPS) is 26.5. The van der Waals surface area contributed by atoms with Gasteiger partial charge in [-0.15, -0.1) is 0 Å². The van der Waals surface area contributed by atoms with Gasteiger partial charge in [0.1, 0.15) is 5.82 Å². The van der Waals surface area contributed by atoms with E-state index in [1.165, 1.54) is 12.1 Å². The number of nitro groups is 1. The van der Waals surface area contributed by atoms with E-state index in [-0.39, 0.29) is 23.1 Å². The van der Waals surface area contributed by atoms with Crippen LogP contribution in [-0.2, 0) is 0 Å². The summed E-state index contributed by atoms with van der Waals surface area (Å²) in [5.41, 5.74) is 5.96. The van der Waals surface area contributed by atoms with Crippen LogP contribution >= 0.6 is 0 Å². The number of halogens is 1. The van der Waals surface area contributed by atoms with Gasteiger partial charge in [-0.2, -0.15) is 0 Å². The summed E-state index contributed by atoms with van der Waals surface area (Å²) in [4.78, 5) is 9.85. The smallest absolute Gasteiger partial charge is 0.272 e. The molecule has 2 rings (SSSR count). The van der Waals surface area contributed by atoms with Crippen LogP contribution in [-0.4, -0.2) is 11.0 Å². The molecule has 1 aromatic carbocycles. The van der Waals surface area contributed by atoms with Gasteiger partial charge in [0.2, 0.25) is 0 Å². The Morgan fingerprint density at radius 3 is 2.44 bits per heavy atom. The van der Waals surface area contributed by atoms with Crippen LogP contribution < -0.4 is 5.73 Å². The van der Waals surface area contributed by atoms with Gasteiger partial charge in [0.25, 0.3) is 5.69 Å². The first kappa shape index (κ1) is 11.0. The van der Waals surface area contributed by atoms with E-state index in [9.17, 15) is 14.5 Å². The second kappa shape index (κ2) is 3.25. The quantitative estimate of drug-likeness (QED) is 0.618. The number of rotatable bonds is 2. The molecule has 0 heterocycles. The van der Waals surface area contributed by atoms with Crippen molar-refractivity contribution in [3.8, 4) is 0 Å². The topological polar surface area (TPSA) is 69.2 Å². The molecule has 0 amide bonds. The highest BCUT2D eigenvalue weighted by Gasteiger charge is 2.57. The fourth-order valence-electron chi connectivity index (χ4n) is 2.15. The molecule has 0 aliphatic heterocycles. The van der Waals surface area contributed by atoms with Crippen LogP contribution in [0.1, 0.15) is 25.3 Å². The van der Waals surface area contributed by atoms with E-state index < -0.39 is 10.7 Å². The number of hydrogen-bond acceptors (Lipinski definition) is 3. The predicted molar refractivity (Wildman–Crippen MR) is 57.6 cm³/mol. The molecule has 0 unspecified atom stereocenters. The molecule has 0 saturated heterocycles. The maximum Gasteiger partial charge on any atom is 0.272 e. The van der Waals surface area contributed by atoms with Crippen molar-refractivity contribution in [2.45, 2.75) is 25.8 Å². The van der Waals surface area contributed by atoms with Gasteiger partial charge in [0.15, 0.2) is 0 Å². The maximum absolute atomic E-state index is 13.7. The van der Waals surface area contributed by atoms with Gasteiger partial charge in [-0.1, -0.05) is 13.8 Å². The molecule has 2 N–H and O–H groups in total. The fourth-order valence-corrected chi connectivity index (χ4v) is 2.15. The Labute approximate surface area is 92.4 Å². The third kappa shape index (κ3) is 1.48. The summed E-state index contributed by atoms with van der Waals surface area (Å²) in [6.07, 6.45) is 0. The highest BCUT2D eigenvalue weighted by Crippen LogP contribution is 2.57. The van der Waals surface area contributed by atoms with Crippen molar-refractivity contribution in [2.24, 2.45) is 11.1 Å². The molecular formula is C11H13FN2O2. The fraction of sp³-hybridized carbons (Fsp3) is 0.455. The van der Waals surface area contributed by atoms with Crippen LogP contribution in [0.25, 0.3) is 0 Å². The number of benzene rings is 1. The Hall–Kier alpha value is -1.49. The zero-order chi connectivity index (χ0) is 12.1. The van der Waals surface area contributed by atoms with Crippen LogP contribution in [0.4, 0.5) is 10.1 Å². The number of nitrogens with two attached hydrogens (primary N) is 1. The molecule has 2 atom stereocenters. The summed E-state index contributed by atoms with van der Waals surface area (Å²) < 4.78 is 13.7. The summed E-state index contributed by atoms with van der Waals surface area (Å²) in [5, 5.41) is 10.5. The van der Waals surface area contributed by atoms with Crippen molar-refractivity contribution < 1.29 is 9.31 Å². The number of hydrogen-bond donors (Lipinski definition) is 1. The van der Waals surface area contributed by atoms with Crippen LogP contribution in [0.15, 0.2) is 18.2 Å². The third-order valence-electron chi connectivity index (χ3n) is 3.44. The molecule has 4 nitrogen and oxygen atoms in total. The van der Waals surface area contributed by atoms with Crippen molar-refractivity contribution in [2.75, 3.05) is 0 Å². The lowest BCUT2D eigenvalue weighted by molar-refractivity contribution is -0.385. The van der Waals surface area contributed by atoms with Crippen molar-refractivity contribution in [3.05, 3.63) is 39.7 Å². The second-order valence-electron chi connectivity index (χ2n) is 4.79. The minimum atomic E-state index is -0.606. The molecule has 0 aromatic heterocycles. The summed E-state index contributed by atoms with van der Waals surface area (Å²) in [7, 11) is 0. The average molecular weight is 224 g/mol. The summed E-state index contributed by atoms with van der Waals surface area (Å²) >= 11 is 0. The largest absolute Gasteiger partial charge is 0.327 e. The Bertz CT molecular complexity index is 459. The number of nitro benzene ring substituents is 1. The van der Waals surface area contributed by atoms with Gasteiger partial charge < -0.3 is 5.73 Å². The van der Waals surface area contributed by atoms with E-state index in [1.54, 1.807) is 0 Å². The molecule has 86 valence electrons. The van der Waals surface area contributed by atoms with Gasteiger partial charge >= 0.3 is 0 Å². The first-order valence-electron chi connectivity index (χ1n) is 5.05. The Morgan fingerprint density at radius 2 is 2.06 bits per heavy atom. The lowest BCUT2D eigenvalue weighted by Gasteiger charge is -2.04. The minimum absolute atomic E-state index is 0.0479. The number of nitrogens with zero attached hydrogens (tertiary/aromatic N) is 1. The zero-order valence-corrected chi connectivity index (χ0v) is 9.11. The lowest BCUT2D eigenvalue weighted by Crippen LogP contribution is -2.06. The molecular weight excluding hydrogens is 211 g/mol. The highest BCUT2D eigenvalue weighted by atomic mass is 19.1. The Morgan fingerprint density at radius 1 is 1.50 bits per heavy atom. The Kier molecular flexibility index (Phi) is 2.24. The lowest BCUT2D eigenvalue weighted by atomic mass is 10.0. The zero-order valence-electron chi connectivity index (χ0n) is 9.11. The molecule has 1 fully saturated rings. The second-order valence-corrected chi connectivity index (χ2v) is 4.79. The van der Waals surface area contributed by atoms with Crippen LogP contribution in [0.3, 0.4) is 0 Å². The minimum Gasteiger partial charge on any atom is -0.327 e. The van der Waals surface area contributed by atoms with E-state index in [4.69, 9.17) is 5.73 Å². The average Bonchev–Trinajstić information content (AvgIpc) is 2.67. The summed E-state index contributed by atoms with van der Waals surface area (Å²) in [6.45, 7) is 3.92. The molecule has 5 heteroatoms. The molecule has 1 aliphatic rings. The monoisotopic (exact) mass is 224 g/mol. The molecule has 1 saturated carbocycles. The van der Waals surface area contributed by atoms with Gasteiger partial charge in [0.05, 0.1) is 11.0 Å². The standard InChI is InChI=1S/C11H13FN2O2/c1-11(2)9(10(11)13)7-4-3-6(14(15)16)5-8(7)12/h3-5,9-10H,13H2,1-2H3/t9-,10-/m0/s1. The first-order valence-corrected chi connectivity index (χ1v) is 5.05. The van der Waals surface area contributed by atoms with Crippen LogP contribution in [0, 0.1) is 21.3 Å². The van der Waals surface area contributed by atoms with E-state index >= 15 is 0 Å². The maximum atomic E-state index is 13.7. The summed E-state index contributed by atoms with van der Waals surface area (Å²) in [6, 6.07) is 3.66. The molecule has 1 aliphatic carbocycles. The predicted octanol–water partition coefficient (Wildman–Crippen LogP) is 2.18. The van der Waals surface area contributed by atoms with Gasteiger partial charge in [0, 0.05) is 18.0 Å². The highest BCUT2D eigenvalue weighted by molar-refractivity contribution is 5.41. The molecule has 0 radical (unpaired) electrons. The van der Waals surface area contributed by atoms with E-state index in [1.807, 2.05) is 13.8 Å².